The minimum Gasteiger partial charge on any atom is -0.279 e. The highest BCUT2D eigenvalue weighted by atomic mass is 19.4. The van der Waals surface area contributed by atoms with Crippen molar-refractivity contribution in [1.29, 1.82) is 0 Å². The minimum absolute atomic E-state index is 0.0251. The van der Waals surface area contributed by atoms with Gasteiger partial charge in [0, 0.05) is 26.2 Å². The molecule has 1 aromatic rings. The summed E-state index contributed by atoms with van der Waals surface area (Å²) in [7, 11) is 2.47. The van der Waals surface area contributed by atoms with Gasteiger partial charge < -0.3 is 0 Å². The van der Waals surface area contributed by atoms with Crippen molar-refractivity contribution < 1.29 is 32.3 Å². The summed E-state index contributed by atoms with van der Waals surface area (Å²) in [4.78, 5) is 49.8. The largest absolute Gasteiger partial charge is 0.402 e. The molecule has 2 aliphatic rings. The van der Waals surface area contributed by atoms with Crippen molar-refractivity contribution in [2.75, 3.05) is 14.1 Å². The van der Waals surface area contributed by atoms with Crippen LogP contribution in [0.1, 0.15) is 33.2 Å². The molecule has 1 aromatic carbocycles. The molecular formula is C21H17F3N2O4. The number of hydrogen-bond donors (Lipinski definition) is 0. The second kappa shape index (κ2) is 7.08. The number of amides is 4. The van der Waals surface area contributed by atoms with E-state index in [2.05, 4.69) is 0 Å². The van der Waals surface area contributed by atoms with E-state index in [1.807, 2.05) is 0 Å². The van der Waals surface area contributed by atoms with E-state index in [0.29, 0.717) is 0 Å². The zero-order chi connectivity index (χ0) is 22.4. The zero-order valence-electron chi connectivity index (χ0n) is 16.3. The second-order valence-corrected chi connectivity index (χ2v) is 7.10. The van der Waals surface area contributed by atoms with Crippen LogP contribution in [-0.4, -0.2) is 53.7 Å². The number of imide groups is 2. The Morgan fingerprint density at radius 2 is 1.40 bits per heavy atom. The standard InChI is InChI=1S/C21H17F3N2O4/c1-20(21(22,23)24,12-5-4-6-16(27)25(2)17(28)10-8-12)13-7-9-14-15(11-13)19(30)26(3)18(14)29/h4-11H,1-3H3/b6-4+,10-8+,12-5+. The highest BCUT2D eigenvalue weighted by Crippen LogP contribution is 2.47. The maximum Gasteiger partial charge on any atom is 0.402 e. The van der Waals surface area contributed by atoms with E-state index in [4.69, 9.17) is 0 Å². The van der Waals surface area contributed by atoms with Crippen molar-refractivity contribution >= 4 is 23.6 Å². The quantitative estimate of drug-likeness (QED) is 0.693. The summed E-state index contributed by atoms with van der Waals surface area (Å²) in [5, 5.41) is 0. The van der Waals surface area contributed by atoms with Gasteiger partial charge in [-0.2, -0.15) is 13.2 Å². The molecule has 156 valence electrons. The van der Waals surface area contributed by atoms with Gasteiger partial charge in [-0.3, -0.25) is 29.0 Å². The fraction of sp³-hybridized carbons (Fsp3) is 0.238. The number of allylic oxidation sites excluding steroid dienone is 4. The van der Waals surface area contributed by atoms with Gasteiger partial charge in [-0.25, -0.2) is 0 Å². The molecule has 0 radical (unpaired) electrons. The summed E-state index contributed by atoms with van der Waals surface area (Å²) in [6, 6.07) is 3.38. The zero-order valence-corrected chi connectivity index (χ0v) is 16.3. The third-order valence-electron chi connectivity index (χ3n) is 5.39. The first-order valence-electron chi connectivity index (χ1n) is 8.82. The van der Waals surface area contributed by atoms with E-state index >= 15 is 0 Å². The number of fused-ring (bicyclic) bond motifs is 1. The van der Waals surface area contributed by atoms with Gasteiger partial charge in [-0.1, -0.05) is 24.3 Å². The number of alkyl halides is 3. The molecule has 2 heterocycles. The molecule has 6 nitrogen and oxygen atoms in total. The van der Waals surface area contributed by atoms with Crippen LogP contribution < -0.4 is 0 Å². The molecule has 1 unspecified atom stereocenters. The Labute approximate surface area is 169 Å². The van der Waals surface area contributed by atoms with Crippen LogP contribution in [0.2, 0.25) is 0 Å². The Bertz CT molecular complexity index is 1070. The highest BCUT2D eigenvalue weighted by molar-refractivity contribution is 6.21. The molecule has 0 N–H and O–H groups in total. The first-order chi connectivity index (χ1) is 13.9. The number of halogens is 3. The average Bonchev–Trinajstić information content (AvgIpc) is 2.94. The number of rotatable bonds is 2. The SMILES string of the molecule is CN1C(=O)/C=C/C=C(C(C)(c2ccc3c(c2)C(=O)N(C)C3=O)C(F)(F)F)\C=C\C1=O. The Morgan fingerprint density at radius 1 is 0.800 bits per heavy atom. The smallest absolute Gasteiger partial charge is 0.279 e. The Morgan fingerprint density at radius 3 is 2.03 bits per heavy atom. The lowest BCUT2D eigenvalue weighted by molar-refractivity contribution is -0.173. The predicted molar refractivity (Wildman–Crippen MR) is 100 cm³/mol. The van der Waals surface area contributed by atoms with E-state index in [1.165, 1.54) is 20.2 Å². The molecule has 0 aromatic heterocycles. The van der Waals surface area contributed by atoms with Crippen molar-refractivity contribution in [3.63, 3.8) is 0 Å². The number of carbonyl (C=O) groups is 4. The summed E-state index contributed by atoms with van der Waals surface area (Å²) in [5.41, 5.74) is -3.31. The number of likely N-dealkylation sites (N-methyl/N-ethyl adjacent to an activating group) is 1. The van der Waals surface area contributed by atoms with Gasteiger partial charge >= 0.3 is 6.18 Å². The van der Waals surface area contributed by atoms with Crippen LogP contribution in [0.4, 0.5) is 13.2 Å². The lowest BCUT2D eigenvalue weighted by atomic mass is 9.73. The summed E-state index contributed by atoms with van der Waals surface area (Å²) >= 11 is 0. The molecule has 1 atom stereocenters. The molecule has 9 heteroatoms. The maximum absolute atomic E-state index is 14.3. The molecule has 0 aliphatic carbocycles. The maximum atomic E-state index is 14.3. The highest BCUT2D eigenvalue weighted by Gasteiger charge is 2.54. The van der Waals surface area contributed by atoms with Gasteiger partial charge in [0.15, 0.2) is 0 Å². The molecule has 0 fully saturated rings. The van der Waals surface area contributed by atoms with Crippen LogP contribution in [0.15, 0.2) is 54.2 Å². The summed E-state index contributed by atoms with van der Waals surface area (Å²) in [6.07, 6.45) is 0.285. The fourth-order valence-corrected chi connectivity index (χ4v) is 3.28. The lowest BCUT2D eigenvalue weighted by Gasteiger charge is -2.34. The van der Waals surface area contributed by atoms with Gasteiger partial charge in [0.25, 0.3) is 23.6 Å². The number of carbonyl (C=O) groups excluding carboxylic acids is 4. The van der Waals surface area contributed by atoms with Crippen molar-refractivity contribution in [1.82, 2.24) is 9.80 Å². The van der Waals surface area contributed by atoms with Crippen LogP contribution in [0, 0.1) is 0 Å². The predicted octanol–water partition coefficient (Wildman–Crippen LogP) is 2.77. The Kier molecular flexibility index (Phi) is 5.01. The van der Waals surface area contributed by atoms with Crippen LogP contribution in [0.3, 0.4) is 0 Å². The molecule has 0 spiro atoms. The van der Waals surface area contributed by atoms with Crippen LogP contribution in [0.25, 0.3) is 0 Å². The molecule has 2 aliphatic heterocycles. The molecule has 0 bridgehead atoms. The minimum atomic E-state index is -4.82. The third-order valence-corrected chi connectivity index (χ3v) is 5.39. The normalized spacial score (nSPS) is 23.2. The number of hydrogen-bond acceptors (Lipinski definition) is 4. The monoisotopic (exact) mass is 418 g/mol. The Hall–Kier alpha value is -3.49. The summed E-state index contributed by atoms with van der Waals surface area (Å²) in [5.74, 6) is -2.74. The van der Waals surface area contributed by atoms with Gasteiger partial charge in [-0.15, -0.1) is 0 Å². The average molecular weight is 418 g/mol. The van der Waals surface area contributed by atoms with E-state index in [1.54, 1.807) is 0 Å². The summed E-state index contributed by atoms with van der Waals surface area (Å²) in [6.45, 7) is 0.914. The fourth-order valence-electron chi connectivity index (χ4n) is 3.28. The van der Waals surface area contributed by atoms with Gasteiger partial charge in [0.2, 0.25) is 0 Å². The third kappa shape index (κ3) is 3.16. The topological polar surface area (TPSA) is 74.8 Å². The molecule has 3 rings (SSSR count). The van der Waals surface area contributed by atoms with Gasteiger partial charge in [0.1, 0.15) is 5.41 Å². The van der Waals surface area contributed by atoms with E-state index in [-0.39, 0.29) is 22.3 Å². The Balaban J connectivity index is 2.21. The van der Waals surface area contributed by atoms with Crippen molar-refractivity contribution in [3.05, 3.63) is 70.8 Å². The van der Waals surface area contributed by atoms with Crippen molar-refractivity contribution in [3.8, 4) is 0 Å². The first-order valence-corrected chi connectivity index (χ1v) is 8.82. The first kappa shape index (κ1) is 21.2. The molecule has 0 saturated carbocycles. The van der Waals surface area contributed by atoms with Crippen LogP contribution in [0.5, 0.6) is 0 Å². The molecule has 4 amide bonds. The molecule has 30 heavy (non-hydrogen) atoms. The van der Waals surface area contributed by atoms with Crippen LogP contribution in [-0.2, 0) is 15.0 Å². The number of nitrogens with zero attached hydrogens (tertiary/aromatic N) is 2. The van der Waals surface area contributed by atoms with Crippen molar-refractivity contribution in [2.45, 2.75) is 18.5 Å². The van der Waals surface area contributed by atoms with Crippen molar-refractivity contribution in [2.24, 2.45) is 0 Å². The molecular weight excluding hydrogens is 401 g/mol. The van der Waals surface area contributed by atoms with Crippen LogP contribution >= 0.6 is 0 Å². The van der Waals surface area contributed by atoms with E-state index in [0.717, 1.165) is 59.2 Å². The van der Waals surface area contributed by atoms with E-state index < -0.39 is 35.2 Å². The lowest BCUT2D eigenvalue weighted by Crippen LogP contribution is -2.41. The number of benzene rings is 1. The van der Waals surface area contributed by atoms with Gasteiger partial charge in [0.05, 0.1) is 11.1 Å². The molecule has 0 saturated heterocycles. The van der Waals surface area contributed by atoms with Gasteiger partial charge in [-0.05, 0) is 30.2 Å². The summed E-state index contributed by atoms with van der Waals surface area (Å²) < 4.78 is 43.0. The second-order valence-electron chi connectivity index (χ2n) is 7.10. The van der Waals surface area contributed by atoms with E-state index in [9.17, 15) is 32.3 Å².